The molecule has 0 unspecified atom stereocenters. The third-order valence-corrected chi connectivity index (χ3v) is 5.00. The van der Waals surface area contributed by atoms with Crippen LogP contribution in [0.1, 0.15) is 40.8 Å². The number of nitrogens with two attached hydrogens (primary N) is 2. The predicted octanol–water partition coefficient (Wildman–Crippen LogP) is 3.88. The number of nitrogens with zero attached hydrogens (tertiary/aromatic N) is 1. The van der Waals surface area contributed by atoms with E-state index >= 15 is 0 Å². The van der Waals surface area contributed by atoms with Gasteiger partial charge in [-0.15, -0.1) is 0 Å². The summed E-state index contributed by atoms with van der Waals surface area (Å²) in [4.78, 5) is 4.46. The van der Waals surface area contributed by atoms with Gasteiger partial charge in [0.2, 0.25) is 0 Å². The second kappa shape index (κ2) is 6.68. The molecule has 8 heteroatoms. The van der Waals surface area contributed by atoms with Gasteiger partial charge in [-0.3, -0.25) is 5.41 Å². The van der Waals surface area contributed by atoms with E-state index in [1.807, 2.05) is 0 Å². The van der Waals surface area contributed by atoms with Crippen molar-refractivity contribution in [3.05, 3.63) is 40.2 Å². The normalized spacial score (nSPS) is 14.9. The van der Waals surface area contributed by atoms with E-state index in [9.17, 15) is 13.2 Å². The van der Waals surface area contributed by atoms with Crippen LogP contribution in [0.3, 0.4) is 0 Å². The highest BCUT2D eigenvalue weighted by Crippen LogP contribution is 2.38. The Morgan fingerprint density at radius 2 is 1.85 bits per heavy atom. The summed E-state index contributed by atoms with van der Waals surface area (Å²) in [5, 5.41) is 16.0. The Hall–Kier alpha value is -2.90. The van der Waals surface area contributed by atoms with E-state index in [1.54, 1.807) is 13.0 Å². The molecule has 1 aromatic carbocycles. The van der Waals surface area contributed by atoms with Gasteiger partial charge in [-0.1, -0.05) is 0 Å². The zero-order valence-electron chi connectivity index (χ0n) is 14.8. The standard InChI is InChI=1S/C19H20F3N5/c1-9-6-14-15(12(7-23)16(9)25)10-4-2-3-5-11(10)17(27-14)13(8-24)18(26)19(20,21)22/h6-8,23,26H,2-5,24-25H2,1H3/b13-8-,23-7?,26-18?. The average Bonchev–Trinajstić information content (AvgIpc) is 2.63. The number of rotatable bonds is 3. The van der Waals surface area contributed by atoms with Gasteiger partial charge < -0.3 is 16.9 Å². The molecule has 6 N–H and O–H groups in total. The summed E-state index contributed by atoms with van der Waals surface area (Å²) in [6.07, 6.45) is 0.0451. The number of pyridine rings is 1. The zero-order chi connectivity index (χ0) is 19.9. The molecule has 27 heavy (non-hydrogen) atoms. The van der Waals surface area contributed by atoms with Gasteiger partial charge in [0.1, 0.15) is 5.71 Å². The third kappa shape index (κ3) is 3.05. The van der Waals surface area contributed by atoms with Crippen LogP contribution in [-0.4, -0.2) is 23.1 Å². The molecule has 1 aromatic heterocycles. The van der Waals surface area contributed by atoms with E-state index in [2.05, 4.69) is 4.98 Å². The van der Waals surface area contributed by atoms with Gasteiger partial charge in [0, 0.05) is 34.6 Å². The average molecular weight is 375 g/mol. The zero-order valence-corrected chi connectivity index (χ0v) is 14.8. The Balaban J connectivity index is 2.41. The number of anilines is 1. The Kier molecular flexibility index (Phi) is 4.67. The quantitative estimate of drug-likeness (QED) is 0.482. The van der Waals surface area contributed by atoms with Crippen molar-refractivity contribution < 1.29 is 13.2 Å². The molecule has 0 fully saturated rings. The third-order valence-electron chi connectivity index (χ3n) is 5.00. The molecule has 3 rings (SSSR count). The van der Waals surface area contributed by atoms with Crippen molar-refractivity contribution in [2.24, 2.45) is 5.73 Å². The summed E-state index contributed by atoms with van der Waals surface area (Å²) in [5.41, 5.74) is 13.5. The van der Waals surface area contributed by atoms with Gasteiger partial charge in [-0.2, -0.15) is 13.2 Å². The van der Waals surface area contributed by atoms with E-state index in [0.29, 0.717) is 46.1 Å². The van der Waals surface area contributed by atoms with Gasteiger partial charge >= 0.3 is 6.18 Å². The minimum Gasteiger partial charge on any atom is -0.404 e. The number of hydrogen-bond donors (Lipinski definition) is 4. The van der Waals surface area contributed by atoms with Crippen molar-refractivity contribution >= 4 is 34.1 Å². The van der Waals surface area contributed by atoms with Crippen molar-refractivity contribution in [1.29, 1.82) is 10.8 Å². The van der Waals surface area contributed by atoms with E-state index in [-0.39, 0.29) is 5.69 Å². The van der Waals surface area contributed by atoms with Crippen molar-refractivity contribution in [3.63, 3.8) is 0 Å². The van der Waals surface area contributed by atoms with E-state index in [1.165, 1.54) is 6.21 Å². The fraction of sp³-hybridized carbons (Fsp3) is 0.316. The Bertz CT molecular complexity index is 989. The Labute approximate surface area is 154 Å². The van der Waals surface area contributed by atoms with Gasteiger partial charge in [-0.25, -0.2) is 4.98 Å². The van der Waals surface area contributed by atoms with Crippen LogP contribution in [0, 0.1) is 17.7 Å². The lowest BCUT2D eigenvalue weighted by molar-refractivity contribution is -0.0578. The van der Waals surface area contributed by atoms with Crippen LogP contribution >= 0.6 is 0 Å². The molecule has 142 valence electrons. The molecular weight excluding hydrogens is 355 g/mol. The monoisotopic (exact) mass is 375 g/mol. The number of hydrogen-bond acceptors (Lipinski definition) is 5. The highest BCUT2D eigenvalue weighted by molar-refractivity contribution is 6.25. The molecule has 0 aliphatic heterocycles. The molecule has 0 saturated heterocycles. The summed E-state index contributed by atoms with van der Waals surface area (Å²) in [6, 6.07) is 1.71. The lowest BCUT2D eigenvalue weighted by atomic mass is 9.83. The maximum Gasteiger partial charge on any atom is 0.433 e. The number of benzene rings is 1. The first kappa shape index (κ1) is 18.9. The summed E-state index contributed by atoms with van der Waals surface area (Å²) >= 11 is 0. The van der Waals surface area contributed by atoms with E-state index in [0.717, 1.165) is 24.6 Å². The molecule has 0 saturated carbocycles. The predicted molar refractivity (Wildman–Crippen MR) is 101 cm³/mol. The van der Waals surface area contributed by atoms with Crippen LogP contribution in [0.25, 0.3) is 16.5 Å². The number of nitrogens with one attached hydrogen (secondary N) is 2. The van der Waals surface area contributed by atoms with Gasteiger partial charge in [-0.05, 0) is 55.4 Å². The number of aromatic nitrogens is 1. The number of alkyl halides is 3. The summed E-state index contributed by atoms with van der Waals surface area (Å²) in [6.45, 7) is 1.76. The SMILES string of the molecule is Cc1cc2nc(/C(=C/N)C(=N)C(F)(F)F)c3c(c2c(C=N)c1N)CCCC3. The lowest BCUT2D eigenvalue weighted by Crippen LogP contribution is -2.25. The first-order chi connectivity index (χ1) is 12.7. The molecule has 5 nitrogen and oxygen atoms in total. The first-order valence-electron chi connectivity index (χ1n) is 8.54. The molecule has 1 aliphatic carbocycles. The van der Waals surface area contributed by atoms with Crippen LogP contribution in [0.15, 0.2) is 12.3 Å². The van der Waals surface area contributed by atoms with Crippen molar-refractivity contribution in [2.75, 3.05) is 5.73 Å². The van der Waals surface area contributed by atoms with Gasteiger partial charge in [0.25, 0.3) is 0 Å². The van der Waals surface area contributed by atoms with Gasteiger partial charge in [0.05, 0.1) is 11.2 Å². The van der Waals surface area contributed by atoms with Crippen molar-refractivity contribution in [1.82, 2.24) is 4.98 Å². The minimum absolute atomic E-state index is 0.0992. The summed E-state index contributed by atoms with van der Waals surface area (Å²) in [5.74, 6) is 0. The van der Waals surface area contributed by atoms with E-state index < -0.39 is 17.5 Å². The number of aryl methyl sites for hydroxylation is 2. The fourth-order valence-corrected chi connectivity index (χ4v) is 3.68. The summed E-state index contributed by atoms with van der Waals surface area (Å²) < 4.78 is 39.5. The van der Waals surface area contributed by atoms with Crippen LogP contribution in [-0.2, 0) is 12.8 Å². The van der Waals surface area contributed by atoms with Crippen LogP contribution < -0.4 is 11.5 Å². The molecule has 1 heterocycles. The topological polar surface area (TPSA) is 113 Å². The maximum absolute atomic E-state index is 13.2. The molecule has 1 aliphatic rings. The van der Waals surface area contributed by atoms with E-state index in [4.69, 9.17) is 22.3 Å². The van der Waals surface area contributed by atoms with Crippen LogP contribution in [0.4, 0.5) is 18.9 Å². The molecule has 0 bridgehead atoms. The Morgan fingerprint density at radius 3 is 2.41 bits per heavy atom. The number of nitrogen functional groups attached to an aromatic ring is 1. The number of halogens is 3. The molecular formula is C19H20F3N5. The molecule has 0 radical (unpaired) electrons. The number of fused-ring (bicyclic) bond motifs is 3. The second-order valence-corrected chi connectivity index (χ2v) is 6.64. The summed E-state index contributed by atoms with van der Waals surface area (Å²) in [7, 11) is 0. The lowest BCUT2D eigenvalue weighted by Gasteiger charge is -2.24. The highest BCUT2D eigenvalue weighted by atomic mass is 19.4. The van der Waals surface area contributed by atoms with Crippen molar-refractivity contribution in [2.45, 2.75) is 38.8 Å². The number of allylic oxidation sites excluding steroid dienone is 1. The first-order valence-corrected chi connectivity index (χ1v) is 8.54. The van der Waals surface area contributed by atoms with Crippen molar-refractivity contribution in [3.8, 4) is 0 Å². The van der Waals surface area contributed by atoms with Crippen LogP contribution in [0.5, 0.6) is 0 Å². The smallest absolute Gasteiger partial charge is 0.404 e. The molecule has 0 atom stereocenters. The molecule has 0 amide bonds. The second-order valence-electron chi connectivity index (χ2n) is 6.64. The van der Waals surface area contributed by atoms with Gasteiger partial charge in [0.15, 0.2) is 0 Å². The van der Waals surface area contributed by atoms with Crippen LogP contribution in [0.2, 0.25) is 0 Å². The maximum atomic E-state index is 13.2. The minimum atomic E-state index is -4.82. The highest BCUT2D eigenvalue weighted by Gasteiger charge is 2.38. The molecule has 2 aromatic rings. The fourth-order valence-electron chi connectivity index (χ4n) is 3.68. The largest absolute Gasteiger partial charge is 0.433 e. The Morgan fingerprint density at radius 1 is 1.22 bits per heavy atom. The molecule has 0 spiro atoms.